The van der Waals surface area contributed by atoms with Gasteiger partial charge in [-0.15, -0.1) is 11.8 Å². The Morgan fingerprint density at radius 3 is 2.31 bits per heavy atom. The number of carbonyl (C=O) groups is 2. The molecule has 4 aromatic carbocycles. The standard InChI is InChI=1S/C26H21NO3S2/c28-25(27-23-12-6-7-13-24(23)32-21-10-2-1-3-11-21)17-30-26(29)18-31-22-15-14-19-8-4-5-9-20(19)16-22/h1-16H,17-18H2,(H,27,28). The van der Waals surface area contributed by atoms with Crippen LogP contribution in [0.15, 0.2) is 112 Å². The Kier molecular flexibility index (Phi) is 7.48. The number of anilines is 1. The van der Waals surface area contributed by atoms with E-state index in [9.17, 15) is 9.59 Å². The van der Waals surface area contributed by atoms with Gasteiger partial charge < -0.3 is 10.1 Å². The maximum atomic E-state index is 12.3. The van der Waals surface area contributed by atoms with Crippen LogP contribution in [0, 0.1) is 0 Å². The third kappa shape index (κ3) is 6.15. The molecule has 0 heterocycles. The molecule has 4 rings (SSSR count). The van der Waals surface area contributed by atoms with E-state index in [4.69, 9.17) is 4.74 Å². The summed E-state index contributed by atoms with van der Waals surface area (Å²) in [4.78, 5) is 27.4. The normalized spacial score (nSPS) is 10.6. The van der Waals surface area contributed by atoms with Crippen LogP contribution in [0.5, 0.6) is 0 Å². The molecule has 0 bridgehead atoms. The summed E-state index contributed by atoms with van der Waals surface area (Å²) in [6.07, 6.45) is 0. The molecule has 0 aliphatic heterocycles. The fourth-order valence-electron chi connectivity index (χ4n) is 3.05. The molecule has 0 spiro atoms. The molecule has 0 radical (unpaired) electrons. The number of fused-ring (bicyclic) bond motifs is 1. The average Bonchev–Trinajstić information content (AvgIpc) is 2.83. The van der Waals surface area contributed by atoms with E-state index in [1.54, 1.807) is 11.8 Å². The van der Waals surface area contributed by atoms with Crippen LogP contribution in [-0.4, -0.2) is 24.2 Å². The molecular weight excluding hydrogens is 438 g/mol. The van der Waals surface area contributed by atoms with Gasteiger partial charge in [0.1, 0.15) is 0 Å². The highest BCUT2D eigenvalue weighted by molar-refractivity contribution is 8.00. The number of para-hydroxylation sites is 1. The van der Waals surface area contributed by atoms with E-state index in [1.165, 1.54) is 11.8 Å². The minimum Gasteiger partial charge on any atom is -0.455 e. The van der Waals surface area contributed by atoms with Crippen molar-refractivity contribution in [3.8, 4) is 0 Å². The number of benzene rings is 4. The molecule has 0 saturated carbocycles. The molecule has 160 valence electrons. The van der Waals surface area contributed by atoms with E-state index in [-0.39, 0.29) is 18.3 Å². The summed E-state index contributed by atoms with van der Waals surface area (Å²) in [7, 11) is 0. The van der Waals surface area contributed by atoms with Crippen molar-refractivity contribution >= 4 is 51.9 Å². The number of hydrogen-bond acceptors (Lipinski definition) is 5. The number of ether oxygens (including phenoxy) is 1. The minimum absolute atomic E-state index is 0.145. The van der Waals surface area contributed by atoms with E-state index in [0.29, 0.717) is 5.69 Å². The van der Waals surface area contributed by atoms with Crippen molar-refractivity contribution in [2.24, 2.45) is 0 Å². The lowest BCUT2D eigenvalue weighted by atomic mass is 10.1. The Labute approximate surface area is 195 Å². The number of hydrogen-bond donors (Lipinski definition) is 1. The first kappa shape index (κ1) is 22.0. The largest absolute Gasteiger partial charge is 0.455 e. The molecule has 0 atom stereocenters. The molecule has 0 fully saturated rings. The Bertz CT molecular complexity index is 1230. The lowest BCUT2D eigenvalue weighted by Crippen LogP contribution is -2.21. The van der Waals surface area contributed by atoms with Crippen molar-refractivity contribution in [1.82, 2.24) is 0 Å². The van der Waals surface area contributed by atoms with E-state index >= 15 is 0 Å². The highest BCUT2D eigenvalue weighted by atomic mass is 32.2. The van der Waals surface area contributed by atoms with Crippen molar-refractivity contribution in [3.63, 3.8) is 0 Å². The van der Waals surface area contributed by atoms with Gasteiger partial charge in [-0.3, -0.25) is 9.59 Å². The van der Waals surface area contributed by atoms with Crippen molar-refractivity contribution < 1.29 is 14.3 Å². The monoisotopic (exact) mass is 459 g/mol. The summed E-state index contributed by atoms with van der Waals surface area (Å²) in [6.45, 7) is -0.318. The van der Waals surface area contributed by atoms with Gasteiger partial charge in [0, 0.05) is 14.7 Å². The molecular formula is C26H21NO3S2. The highest BCUT2D eigenvalue weighted by Crippen LogP contribution is 2.33. The zero-order valence-corrected chi connectivity index (χ0v) is 18.8. The first-order chi connectivity index (χ1) is 15.7. The predicted molar refractivity (Wildman–Crippen MR) is 131 cm³/mol. The Morgan fingerprint density at radius 1 is 0.750 bits per heavy atom. The van der Waals surface area contributed by atoms with E-state index < -0.39 is 5.97 Å². The summed E-state index contributed by atoms with van der Waals surface area (Å²) < 4.78 is 5.16. The second-order valence-electron chi connectivity index (χ2n) is 6.92. The maximum absolute atomic E-state index is 12.3. The van der Waals surface area contributed by atoms with Crippen LogP contribution >= 0.6 is 23.5 Å². The summed E-state index contributed by atoms with van der Waals surface area (Å²) in [5, 5.41) is 5.11. The average molecular weight is 460 g/mol. The fourth-order valence-corrected chi connectivity index (χ4v) is 4.71. The van der Waals surface area contributed by atoms with Gasteiger partial charge in [0.05, 0.1) is 11.4 Å². The topological polar surface area (TPSA) is 55.4 Å². The SMILES string of the molecule is O=C(COC(=O)CSc1ccc2ccccc2c1)Nc1ccccc1Sc1ccccc1. The number of carbonyl (C=O) groups excluding carboxylic acids is 2. The van der Waals surface area contributed by atoms with Crippen LogP contribution < -0.4 is 5.32 Å². The zero-order valence-electron chi connectivity index (χ0n) is 17.2. The van der Waals surface area contributed by atoms with Gasteiger partial charge in [-0.05, 0) is 47.2 Å². The third-order valence-electron chi connectivity index (χ3n) is 4.57. The van der Waals surface area contributed by atoms with Crippen LogP contribution in [0.2, 0.25) is 0 Å². The number of esters is 1. The summed E-state index contributed by atoms with van der Waals surface area (Å²) >= 11 is 2.95. The van der Waals surface area contributed by atoms with Crippen LogP contribution in [0.3, 0.4) is 0 Å². The molecule has 1 amide bonds. The third-order valence-corrected chi connectivity index (χ3v) is 6.63. The van der Waals surface area contributed by atoms with Crippen molar-refractivity contribution in [2.45, 2.75) is 14.7 Å². The van der Waals surface area contributed by atoms with Gasteiger partial charge in [0.15, 0.2) is 6.61 Å². The summed E-state index contributed by atoms with van der Waals surface area (Å²) in [5.74, 6) is -0.646. The quantitative estimate of drug-likeness (QED) is 0.249. The van der Waals surface area contributed by atoms with E-state index in [1.807, 2.05) is 97.1 Å². The van der Waals surface area contributed by atoms with Gasteiger partial charge in [0.25, 0.3) is 5.91 Å². The maximum Gasteiger partial charge on any atom is 0.316 e. The first-order valence-corrected chi connectivity index (χ1v) is 11.9. The highest BCUT2D eigenvalue weighted by Gasteiger charge is 2.11. The lowest BCUT2D eigenvalue weighted by Gasteiger charge is -2.11. The van der Waals surface area contributed by atoms with Crippen LogP contribution in [-0.2, 0) is 14.3 Å². The second-order valence-corrected chi connectivity index (χ2v) is 9.08. The minimum atomic E-state index is -0.426. The molecule has 0 unspecified atom stereocenters. The number of thioether (sulfide) groups is 1. The van der Waals surface area contributed by atoms with E-state index in [0.717, 1.165) is 25.5 Å². The number of amides is 1. The van der Waals surface area contributed by atoms with Crippen molar-refractivity contribution in [3.05, 3.63) is 97.1 Å². The van der Waals surface area contributed by atoms with Crippen molar-refractivity contribution in [1.29, 1.82) is 0 Å². The Balaban J connectivity index is 1.27. The van der Waals surface area contributed by atoms with Gasteiger partial charge in [-0.2, -0.15) is 0 Å². The van der Waals surface area contributed by atoms with E-state index in [2.05, 4.69) is 5.32 Å². The van der Waals surface area contributed by atoms with Crippen LogP contribution in [0.25, 0.3) is 10.8 Å². The lowest BCUT2D eigenvalue weighted by molar-refractivity contribution is -0.144. The molecule has 4 nitrogen and oxygen atoms in total. The Hall–Kier alpha value is -3.22. The fraction of sp³-hybridized carbons (Fsp3) is 0.0769. The molecule has 0 aliphatic rings. The summed E-state index contributed by atoms with van der Waals surface area (Å²) in [5.41, 5.74) is 0.688. The second kappa shape index (κ2) is 10.9. The summed E-state index contributed by atoms with van der Waals surface area (Å²) in [6, 6.07) is 31.6. The molecule has 1 N–H and O–H groups in total. The van der Waals surface area contributed by atoms with Crippen molar-refractivity contribution in [2.75, 3.05) is 17.7 Å². The number of rotatable bonds is 8. The zero-order chi connectivity index (χ0) is 22.2. The first-order valence-electron chi connectivity index (χ1n) is 10.1. The molecule has 32 heavy (non-hydrogen) atoms. The van der Waals surface area contributed by atoms with Gasteiger partial charge in [-0.25, -0.2) is 0 Å². The van der Waals surface area contributed by atoms with Crippen LogP contribution in [0.4, 0.5) is 5.69 Å². The molecule has 0 aliphatic carbocycles. The predicted octanol–water partition coefficient (Wildman–Crippen LogP) is 6.27. The molecule has 6 heteroatoms. The molecule has 0 aromatic heterocycles. The smallest absolute Gasteiger partial charge is 0.316 e. The Morgan fingerprint density at radius 2 is 1.47 bits per heavy atom. The van der Waals surface area contributed by atoms with Gasteiger partial charge in [0.2, 0.25) is 0 Å². The van der Waals surface area contributed by atoms with Crippen LogP contribution in [0.1, 0.15) is 0 Å². The van der Waals surface area contributed by atoms with Gasteiger partial charge in [-0.1, -0.05) is 72.4 Å². The molecule has 0 saturated heterocycles. The molecule has 4 aromatic rings. The number of nitrogens with one attached hydrogen (secondary N) is 1. The van der Waals surface area contributed by atoms with Gasteiger partial charge >= 0.3 is 5.97 Å².